The van der Waals surface area contributed by atoms with Gasteiger partial charge in [0.2, 0.25) is 0 Å². The van der Waals surface area contributed by atoms with Crippen LogP contribution in [0.2, 0.25) is 0 Å². The number of carbonyl (C=O) groups is 1. The van der Waals surface area contributed by atoms with Crippen molar-refractivity contribution in [2.75, 3.05) is 18.9 Å². The van der Waals surface area contributed by atoms with Crippen LogP contribution in [0.1, 0.15) is 30.1 Å². The first-order valence-electron chi connectivity index (χ1n) is 5.89. The molecule has 1 aliphatic rings. The second kappa shape index (κ2) is 5.08. The van der Waals surface area contributed by atoms with Crippen molar-refractivity contribution in [3.63, 3.8) is 0 Å². The summed E-state index contributed by atoms with van der Waals surface area (Å²) in [6.45, 7) is 2.94. The highest BCUT2D eigenvalue weighted by atomic mass is 16.5. The average molecular weight is 235 g/mol. The molecule has 0 bridgehead atoms. The number of nitrogens with two attached hydrogens (primary N) is 1. The third kappa shape index (κ3) is 3.37. The lowest BCUT2D eigenvalue weighted by Gasteiger charge is -2.08. The summed E-state index contributed by atoms with van der Waals surface area (Å²) in [6, 6.07) is 4.97. The summed E-state index contributed by atoms with van der Waals surface area (Å²) in [6.07, 6.45) is 2.32. The lowest BCUT2D eigenvalue weighted by molar-refractivity contribution is 0.0485. The Morgan fingerprint density at radius 3 is 2.82 bits per heavy atom. The highest BCUT2D eigenvalue weighted by Gasteiger charge is 2.23. The summed E-state index contributed by atoms with van der Waals surface area (Å²) in [4.78, 5) is 11.8. The van der Waals surface area contributed by atoms with Crippen molar-refractivity contribution in [3.05, 3.63) is 23.8 Å². The highest BCUT2D eigenvalue weighted by molar-refractivity contribution is 5.91. The van der Waals surface area contributed by atoms with E-state index in [9.17, 15) is 4.79 Å². The summed E-state index contributed by atoms with van der Waals surface area (Å²) in [5, 5.41) is 0. The van der Waals surface area contributed by atoms with E-state index in [4.69, 9.17) is 15.2 Å². The van der Waals surface area contributed by atoms with Gasteiger partial charge in [0.05, 0.1) is 18.8 Å². The number of rotatable bonds is 5. The van der Waals surface area contributed by atoms with E-state index in [0.29, 0.717) is 36.1 Å². The molecule has 1 aromatic carbocycles. The Morgan fingerprint density at radius 2 is 2.18 bits per heavy atom. The molecule has 4 nitrogen and oxygen atoms in total. The van der Waals surface area contributed by atoms with Crippen LogP contribution in [-0.4, -0.2) is 19.2 Å². The maximum atomic E-state index is 11.8. The van der Waals surface area contributed by atoms with E-state index < -0.39 is 0 Å². The van der Waals surface area contributed by atoms with Gasteiger partial charge in [-0.25, -0.2) is 4.79 Å². The lowest BCUT2D eigenvalue weighted by Crippen LogP contribution is -2.08. The van der Waals surface area contributed by atoms with E-state index in [-0.39, 0.29) is 5.97 Å². The van der Waals surface area contributed by atoms with Gasteiger partial charge >= 0.3 is 5.97 Å². The topological polar surface area (TPSA) is 61.5 Å². The molecule has 1 fully saturated rings. The zero-order chi connectivity index (χ0) is 12.3. The zero-order valence-corrected chi connectivity index (χ0v) is 9.94. The summed E-state index contributed by atoms with van der Waals surface area (Å²) in [5.41, 5.74) is 6.67. The van der Waals surface area contributed by atoms with Gasteiger partial charge in [0.15, 0.2) is 0 Å². The molecule has 2 rings (SSSR count). The van der Waals surface area contributed by atoms with Gasteiger partial charge in [0.25, 0.3) is 0 Å². The van der Waals surface area contributed by atoms with Gasteiger partial charge < -0.3 is 15.2 Å². The molecule has 0 atom stereocenters. The van der Waals surface area contributed by atoms with Crippen LogP contribution in [0.15, 0.2) is 18.2 Å². The number of benzene rings is 1. The van der Waals surface area contributed by atoms with Gasteiger partial charge in [-0.05, 0) is 37.8 Å². The van der Waals surface area contributed by atoms with E-state index in [1.54, 1.807) is 18.2 Å². The first-order valence-corrected chi connectivity index (χ1v) is 5.89. The van der Waals surface area contributed by atoms with Crippen molar-refractivity contribution in [2.45, 2.75) is 19.8 Å². The molecule has 0 saturated heterocycles. The second-order valence-corrected chi connectivity index (χ2v) is 4.27. The molecule has 1 aliphatic carbocycles. The smallest absolute Gasteiger partial charge is 0.338 e. The lowest BCUT2D eigenvalue weighted by atomic mass is 10.2. The van der Waals surface area contributed by atoms with Crippen LogP contribution < -0.4 is 10.5 Å². The molecule has 0 amide bonds. The Morgan fingerprint density at radius 1 is 1.41 bits per heavy atom. The van der Waals surface area contributed by atoms with Crippen molar-refractivity contribution >= 4 is 11.7 Å². The molecule has 1 aromatic rings. The monoisotopic (exact) mass is 235 g/mol. The summed E-state index contributed by atoms with van der Waals surface area (Å²) in [7, 11) is 0. The molecule has 17 heavy (non-hydrogen) atoms. The number of carbonyl (C=O) groups excluding carboxylic acids is 1. The molecule has 2 N–H and O–H groups in total. The van der Waals surface area contributed by atoms with E-state index >= 15 is 0 Å². The number of anilines is 1. The predicted molar refractivity (Wildman–Crippen MR) is 65.0 cm³/mol. The van der Waals surface area contributed by atoms with E-state index in [1.807, 2.05) is 6.92 Å². The first-order chi connectivity index (χ1) is 8.19. The fraction of sp³-hybridized carbons (Fsp3) is 0.462. The maximum Gasteiger partial charge on any atom is 0.338 e. The Hall–Kier alpha value is -1.71. The maximum absolute atomic E-state index is 11.8. The molecule has 4 heteroatoms. The molecule has 0 unspecified atom stereocenters. The van der Waals surface area contributed by atoms with Crippen molar-refractivity contribution in [3.8, 4) is 5.75 Å². The van der Waals surface area contributed by atoms with E-state index in [2.05, 4.69) is 0 Å². The van der Waals surface area contributed by atoms with Gasteiger partial charge in [-0.2, -0.15) is 0 Å². The van der Waals surface area contributed by atoms with Crippen LogP contribution in [0.4, 0.5) is 5.69 Å². The van der Waals surface area contributed by atoms with Gasteiger partial charge in [-0.15, -0.1) is 0 Å². The summed E-state index contributed by atoms with van der Waals surface area (Å²) in [5.74, 6) is 0.836. The molecule has 0 heterocycles. The van der Waals surface area contributed by atoms with Crippen LogP contribution in [0, 0.1) is 5.92 Å². The minimum atomic E-state index is -0.329. The van der Waals surface area contributed by atoms with Crippen molar-refractivity contribution in [2.24, 2.45) is 5.92 Å². The third-order valence-corrected chi connectivity index (χ3v) is 2.62. The fourth-order valence-electron chi connectivity index (χ4n) is 1.55. The van der Waals surface area contributed by atoms with Crippen LogP contribution >= 0.6 is 0 Å². The number of esters is 1. The minimum absolute atomic E-state index is 0.329. The molecule has 92 valence electrons. The first kappa shape index (κ1) is 11.8. The summed E-state index contributed by atoms with van der Waals surface area (Å²) < 4.78 is 10.5. The Kier molecular flexibility index (Phi) is 3.52. The molecule has 1 saturated carbocycles. The predicted octanol–water partition coefficient (Wildman–Crippen LogP) is 2.23. The fourth-order valence-corrected chi connectivity index (χ4v) is 1.55. The van der Waals surface area contributed by atoms with Gasteiger partial charge in [0.1, 0.15) is 5.75 Å². The van der Waals surface area contributed by atoms with Gasteiger partial charge in [0, 0.05) is 11.8 Å². The largest absolute Gasteiger partial charge is 0.494 e. The number of nitrogen functional groups attached to an aromatic ring is 1. The minimum Gasteiger partial charge on any atom is -0.494 e. The molecular formula is C13H17NO3. The van der Waals surface area contributed by atoms with E-state index in [1.165, 1.54) is 0 Å². The van der Waals surface area contributed by atoms with Crippen molar-refractivity contribution in [1.29, 1.82) is 0 Å². The Balaban J connectivity index is 2.04. The molecule has 0 radical (unpaired) electrons. The number of ether oxygens (including phenoxy) is 2. The zero-order valence-electron chi connectivity index (χ0n) is 9.94. The van der Waals surface area contributed by atoms with Crippen molar-refractivity contribution in [1.82, 2.24) is 0 Å². The quantitative estimate of drug-likeness (QED) is 0.628. The molecular weight excluding hydrogens is 218 g/mol. The van der Waals surface area contributed by atoms with Gasteiger partial charge in [-0.3, -0.25) is 0 Å². The Bertz CT molecular complexity index is 413. The van der Waals surface area contributed by atoms with Crippen LogP contribution in [0.5, 0.6) is 5.75 Å². The van der Waals surface area contributed by atoms with Crippen molar-refractivity contribution < 1.29 is 14.3 Å². The third-order valence-electron chi connectivity index (χ3n) is 2.62. The standard InChI is InChI=1S/C13H17NO3/c1-2-16-12-6-10(5-11(14)7-12)13(15)17-8-9-3-4-9/h5-7,9H,2-4,8,14H2,1H3. The normalized spacial score (nSPS) is 14.4. The van der Waals surface area contributed by atoms with Crippen LogP contribution in [0.25, 0.3) is 0 Å². The second-order valence-electron chi connectivity index (χ2n) is 4.27. The molecule has 0 aliphatic heterocycles. The van der Waals surface area contributed by atoms with E-state index in [0.717, 1.165) is 12.8 Å². The SMILES string of the molecule is CCOc1cc(N)cc(C(=O)OCC2CC2)c1. The highest BCUT2D eigenvalue weighted by Crippen LogP contribution is 2.29. The Labute approximate surface area is 101 Å². The number of hydrogen-bond acceptors (Lipinski definition) is 4. The van der Waals surface area contributed by atoms with Crippen LogP contribution in [-0.2, 0) is 4.74 Å². The molecule has 0 aromatic heterocycles. The molecule has 0 spiro atoms. The van der Waals surface area contributed by atoms with Gasteiger partial charge in [-0.1, -0.05) is 0 Å². The average Bonchev–Trinajstić information content (AvgIpc) is 3.09. The number of hydrogen-bond donors (Lipinski definition) is 1. The summed E-state index contributed by atoms with van der Waals surface area (Å²) >= 11 is 0. The van der Waals surface area contributed by atoms with Crippen LogP contribution in [0.3, 0.4) is 0 Å².